The molecule has 3 aromatic rings. The molecule has 1 aliphatic rings. The molecule has 0 aliphatic heterocycles. The van der Waals surface area contributed by atoms with Crippen LogP contribution >= 0.6 is 23.1 Å². The maximum Gasteiger partial charge on any atom is 0.311 e. The third-order valence-electron chi connectivity index (χ3n) is 4.13. The smallest absolute Gasteiger partial charge is 0.311 e. The van der Waals surface area contributed by atoms with Crippen LogP contribution < -0.4 is 4.74 Å². The van der Waals surface area contributed by atoms with E-state index in [9.17, 15) is 10.1 Å². The molecular weight excluding hydrogens is 372 g/mol. The number of ether oxygens (including phenoxy) is 1. The lowest BCUT2D eigenvalue weighted by Crippen LogP contribution is -1.99. The SMILES string of the molecule is COc1ccc(CSc2nnc(-c3cccs3)n2C2CC2)cc1[N+](=O)[O-]. The van der Waals surface area contributed by atoms with Crippen molar-refractivity contribution in [3.8, 4) is 16.5 Å². The number of nitro benzene ring substituents is 1. The van der Waals surface area contributed by atoms with Gasteiger partial charge in [0.2, 0.25) is 0 Å². The van der Waals surface area contributed by atoms with Crippen LogP contribution in [-0.2, 0) is 5.75 Å². The summed E-state index contributed by atoms with van der Waals surface area (Å²) in [7, 11) is 1.43. The Bertz CT molecular complexity index is 936. The van der Waals surface area contributed by atoms with Gasteiger partial charge in [-0.05, 0) is 35.9 Å². The first kappa shape index (κ1) is 17.0. The Hall–Kier alpha value is -2.39. The van der Waals surface area contributed by atoms with Gasteiger partial charge in [0.05, 0.1) is 16.9 Å². The molecular formula is C17H16N4O3S2. The highest BCUT2D eigenvalue weighted by Crippen LogP contribution is 2.42. The fraction of sp³-hybridized carbons (Fsp3) is 0.294. The molecule has 7 nitrogen and oxygen atoms in total. The van der Waals surface area contributed by atoms with Gasteiger partial charge >= 0.3 is 5.69 Å². The van der Waals surface area contributed by atoms with E-state index >= 15 is 0 Å². The summed E-state index contributed by atoms with van der Waals surface area (Å²) in [5.74, 6) is 1.76. The van der Waals surface area contributed by atoms with Crippen molar-refractivity contribution in [3.63, 3.8) is 0 Å². The summed E-state index contributed by atoms with van der Waals surface area (Å²) >= 11 is 3.20. The Labute approximate surface area is 158 Å². The van der Waals surface area contributed by atoms with E-state index in [0.717, 1.165) is 34.3 Å². The molecule has 134 valence electrons. The number of methoxy groups -OCH3 is 1. The monoisotopic (exact) mass is 388 g/mol. The highest BCUT2D eigenvalue weighted by Gasteiger charge is 2.30. The predicted molar refractivity (Wildman–Crippen MR) is 101 cm³/mol. The molecule has 0 radical (unpaired) electrons. The molecule has 0 saturated heterocycles. The molecule has 9 heteroatoms. The summed E-state index contributed by atoms with van der Waals surface area (Å²) in [5.41, 5.74) is 0.832. The maximum absolute atomic E-state index is 11.2. The topological polar surface area (TPSA) is 83.1 Å². The number of thioether (sulfide) groups is 1. The quantitative estimate of drug-likeness (QED) is 0.335. The molecule has 0 spiro atoms. The molecule has 0 bridgehead atoms. The van der Waals surface area contributed by atoms with Crippen LogP contribution in [0.25, 0.3) is 10.7 Å². The second-order valence-electron chi connectivity index (χ2n) is 5.94. The van der Waals surface area contributed by atoms with Crippen molar-refractivity contribution in [1.29, 1.82) is 0 Å². The van der Waals surface area contributed by atoms with Crippen LogP contribution in [0.5, 0.6) is 5.75 Å². The Kier molecular flexibility index (Phi) is 4.64. The molecule has 0 unspecified atom stereocenters. The van der Waals surface area contributed by atoms with Gasteiger partial charge in [-0.15, -0.1) is 21.5 Å². The van der Waals surface area contributed by atoms with Crippen molar-refractivity contribution < 1.29 is 9.66 Å². The standard InChI is InChI=1S/C17H16N4O3S2/c1-24-14-7-4-11(9-13(14)21(22)23)10-26-17-19-18-16(15-3-2-8-25-15)20(17)12-5-6-12/h2-4,7-9,12H,5-6,10H2,1H3. The van der Waals surface area contributed by atoms with E-state index in [1.165, 1.54) is 7.11 Å². The van der Waals surface area contributed by atoms with Crippen molar-refractivity contribution >= 4 is 28.8 Å². The Balaban J connectivity index is 1.57. The molecule has 26 heavy (non-hydrogen) atoms. The van der Waals surface area contributed by atoms with E-state index in [4.69, 9.17) is 4.74 Å². The molecule has 2 aromatic heterocycles. The van der Waals surface area contributed by atoms with Crippen molar-refractivity contribution in [2.45, 2.75) is 29.8 Å². The van der Waals surface area contributed by atoms with Gasteiger partial charge in [0.25, 0.3) is 0 Å². The molecule has 2 heterocycles. The summed E-state index contributed by atoms with van der Waals surface area (Å²) in [5, 5.41) is 22.8. The third-order valence-corrected chi connectivity index (χ3v) is 6.01. The predicted octanol–water partition coefficient (Wildman–Crippen LogP) is 4.55. The van der Waals surface area contributed by atoms with E-state index in [2.05, 4.69) is 20.8 Å². The van der Waals surface area contributed by atoms with Crippen LogP contribution in [0.2, 0.25) is 0 Å². The third kappa shape index (κ3) is 3.32. The minimum Gasteiger partial charge on any atom is -0.490 e. The fourth-order valence-electron chi connectivity index (χ4n) is 2.73. The van der Waals surface area contributed by atoms with E-state index in [0.29, 0.717) is 11.8 Å². The first-order valence-electron chi connectivity index (χ1n) is 8.10. The summed E-state index contributed by atoms with van der Waals surface area (Å²) < 4.78 is 7.26. The maximum atomic E-state index is 11.2. The summed E-state index contributed by atoms with van der Waals surface area (Å²) in [6.07, 6.45) is 2.27. The van der Waals surface area contributed by atoms with Gasteiger partial charge in [0.15, 0.2) is 16.7 Å². The van der Waals surface area contributed by atoms with E-state index in [1.807, 2.05) is 17.5 Å². The van der Waals surface area contributed by atoms with E-state index < -0.39 is 4.92 Å². The van der Waals surface area contributed by atoms with Gasteiger partial charge in [-0.1, -0.05) is 23.9 Å². The lowest BCUT2D eigenvalue weighted by Gasteiger charge is -2.08. The number of thiophene rings is 1. The summed E-state index contributed by atoms with van der Waals surface area (Å²) in [6, 6.07) is 9.55. The molecule has 0 amide bonds. The Morgan fingerprint density at radius 2 is 2.23 bits per heavy atom. The number of benzene rings is 1. The van der Waals surface area contributed by atoms with Crippen molar-refractivity contribution in [2.75, 3.05) is 7.11 Å². The van der Waals surface area contributed by atoms with Crippen LogP contribution in [0.4, 0.5) is 5.69 Å². The largest absolute Gasteiger partial charge is 0.490 e. The van der Waals surface area contributed by atoms with Gasteiger partial charge < -0.3 is 4.74 Å². The average molecular weight is 388 g/mol. The van der Waals surface area contributed by atoms with Crippen molar-refractivity contribution in [2.24, 2.45) is 0 Å². The number of nitrogens with zero attached hydrogens (tertiary/aromatic N) is 4. The van der Waals surface area contributed by atoms with Gasteiger partial charge in [-0.25, -0.2) is 0 Å². The van der Waals surface area contributed by atoms with Crippen molar-refractivity contribution in [1.82, 2.24) is 14.8 Å². The molecule has 1 aliphatic carbocycles. The molecule has 1 fully saturated rings. The first-order valence-corrected chi connectivity index (χ1v) is 9.97. The molecule has 4 rings (SSSR count). The van der Waals surface area contributed by atoms with Gasteiger partial charge in [0.1, 0.15) is 0 Å². The zero-order chi connectivity index (χ0) is 18.1. The van der Waals surface area contributed by atoms with Crippen molar-refractivity contribution in [3.05, 3.63) is 51.4 Å². The van der Waals surface area contributed by atoms with Crippen LogP contribution in [0.15, 0.2) is 40.9 Å². The average Bonchev–Trinajstić information content (AvgIpc) is 3.17. The first-order chi connectivity index (χ1) is 12.7. The molecule has 0 N–H and O–H groups in total. The number of nitro groups is 1. The van der Waals surface area contributed by atoms with E-state index in [-0.39, 0.29) is 11.4 Å². The second kappa shape index (κ2) is 7.08. The number of hydrogen-bond acceptors (Lipinski definition) is 7. The summed E-state index contributed by atoms with van der Waals surface area (Å²) in [4.78, 5) is 11.9. The lowest BCUT2D eigenvalue weighted by molar-refractivity contribution is -0.385. The molecule has 0 atom stereocenters. The van der Waals surface area contributed by atoms with Gasteiger partial charge in [-0.3, -0.25) is 14.7 Å². The van der Waals surface area contributed by atoms with Gasteiger partial charge in [-0.2, -0.15) is 0 Å². The van der Waals surface area contributed by atoms with Crippen LogP contribution in [0.1, 0.15) is 24.4 Å². The minimum absolute atomic E-state index is 0.0199. The highest BCUT2D eigenvalue weighted by atomic mass is 32.2. The van der Waals surface area contributed by atoms with E-state index in [1.54, 1.807) is 35.2 Å². The van der Waals surface area contributed by atoms with Gasteiger partial charge in [0, 0.05) is 17.9 Å². The van der Waals surface area contributed by atoms with Crippen LogP contribution in [0, 0.1) is 10.1 Å². The summed E-state index contributed by atoms with van der Waals surface area (Å²) in [6.45, 7) is 0. The Morgan fingerprint density at radius 3 is 2.88 bits per heavy atom. The highest BCUT2D eigenvalue weighted by molar-refractivity contribution is 7.98. The lowest BCUT2D eigenvalue weighted by atomic mass is 10.2. The minimum atomic E-state index is -0.422. The second-order valence-corrected chi connectivity index (χ2v) is 7.83. The number of aromatic nitrogens is 3. The number of rotatable bonds is 7. The van der Waals surface area contributed by atoms with Crippen LogP contribution in [-0.4, -0.2) is 26.8 Å². The van der Waals surface area contributed by atoms with Crippen LogP contribution in [0.3, 0.4) is 0 Å². The zero-order valence-corrected chi connectivity index (χ0v) is 15.6. The fourth-order valence-corrected chi connectivity index (χ4v) is 4.38. The zero-order valence-electron chi connectivity index (χ0n) is 14.0. The molecule has 1 aromatic carbocycles. The Morgan fingerprint density at radius 1 is 1.38 bits per heavy atom. The number of hydrogen-bond donors (Lipinski definition) is 0. The molecule has 1 saturated carbocycles. The normalized spacial score (nSPS) is 13.7.